The zero-order chi connectivity index (χ0) is 29.1. The minimum Gasteiger partial charge on any atom is -0.392 e. The fourth-order valence-corrected chi connectivity index (χ4v) is 4.54. The summed E-state index contributed by atoms with van der Waals surface area (Å²) in [5, 5.41) is 19.1. The number of carbonyl (C=O) groups is 2. The summed E-state index contributed by atoms with van der Waals surface area (Å²) < 4.78 is 0. The van der Waals surface area contributed by atoms with Gasteiger partial charge in [-0.25, -0.2) is 4.79 Å². The van der Waals surface area contributed by atoms with Gasteiger partial charge < -0.3 is 26.8 Å². The molecule has 0 radical (unpaired) electrons. The van der Waals surface area contributed by atoms with Crippen molar-refractivity contribution < 1.29 is 14.7 Å². The van der Waals surface area contributed by atoms with Gasteiger partial charge in [0.15, 0.2) is 5.82 Å². The molecule has 1 fully saturated rings. The van der Waals surface area contributed by atoms with Crippen molar-refractivity contribution in [1.29, 1.82) is 0 Å². The number of aromatic nitrogens is 3. The van der Waals surface area contributed by atoms with Crippen molar-refractivity contribution in [2.45, 2.75) is 32.8 Å². The zero-order valence-corrected chi connectivity index (χ0v) is 23.1. The molecule has 2 heterocycles. The number of carbonyl (C=O) groups excluding carboxylic acids is 2. The summed E-state index contributed by atoms with van der Waals surface area (Å²) in [5.74, 6) is 0.126. The number of hydrogen-bond donors (Lipinski definition) is 5. The summed E-state index contributed by atoms with van der Waals surface area (Å²) in [6.45, 7) is 7.19. The quantitative estimate of drug-likeness (QED) is 0.225. The van der Waals surface area contributed by atoms with Gasteiger partial charge in [0.05, 0.1) is 6.61 Å². The lowest BCUT2D eigenvalue weighted by Gasteiger charge is -2.19. The standard InChI is InChI=1S/C30H32N8O3/c1-30(2,3)19-9-7-18(8-10-19)26(40)34-24-6-4-5-22(23(24)17-39)25-35-27(31)37-28(36-25)33-20-11-13-21(14-12-20)38-16-15-32-29(38)41/h4-14,39H,15-17H2,1-3H3,(H,32,41)(H,34,40)(H3,31,33,35,36,37). The lowest BCUT2D eigenvalue weighted by atomic mass is 9.86. The number of nitrogens with zero attached hydrogens (tertiary/aromatic N) is 4. The molecule has 0 aliphatic carbocycles. The fraction of sp³-hybridized carbons (Fsp3) is 0.233. The summed E-state index contributed by atoms with van der Waals surface area (Å²) >= 11 is 0. The van der Waals surface area contributed by atoms with E-state index >= 15 is 0 Å². The van der Waals surface area contributed by atoms with Crippen molar-refractivity contribution in [3.63, 3.8) is 0 Å². The Morgan fingerprint density at radius 2 is 1.76 bits per heavy atom. The highest BCUT2D eigenvalue weighted by molar-refractivity contribution is 6.05. The lowest BCUT2D eigenvalue weighted by molar-refractivity contribution is 0.102. The third-order valence-corrected chi connectivity index (χ3v) is 6.78. The molecule has 4 aromatic rings. The topological polar surface area (TPSA) is 158 Å². The molecule has 41 heavy (non-hydrogen) atoms. The Morgan fingerprint density at radius 3 is 2.39 bits per heavy atom. The monoisotopic (exact) mass is 552 g/mol. The van der Waals surface area contributed by atoms with Gasteiger partial charge >= 0.3 is 6.03 Å². The van der Waals surface area contributed by atoms with E-state index in [4.69, 9.17) is 5.73 Å². The molecule has 1 aromatic heterocycles. The maximum Gasteiger partial charge on any atom is 0.321 e. The molecule has 0 spiro atoms. The maximum atomic E-state index is 13.0. The molecule has 1 aliphatic rings. The van der Waals surface area contributed by atoms with Crippen LogP contribution in [-0.4, -0.2) is 45.1 Å². The molecule has 5 rings (SSSR count). The first kappa shape index (κ1) is 27.5. The van der Waals surface area contributed by atoms with E-state index in [9.17, 15) is 14.7 Å². The predicted molar refractivity (Wildman–Crippen MR) is 159 cm³/mol. The maximum absolute atomic E-state index is 13.0. The van der Waals surface area contributed by atoms with Crippen molar-refractivity contribution in [2.75, 3.05) is 34.4 Å². The largest absolute Gasteiger partial charge is 0.392 e. The number of rotatable bonds is 7. The second kappa shape index (κ2) is 11.2. The van der Waals surface area contributed by atoms with Crippen molar-refractivity contribution in [3.05, 3.63) is 83.4 Å². The Bertz CT molecular complexity index is 1580. The van der Waals surface area contributed by atoms with Crippen LogP contribution in [0.15, 0.2) is 66.7 Å². The molecule has 0 unspecified atom stereocenters. The van der Waals surface area contributed by atoms with Gasteiger partial charge in [-0.05, 0) is 53.4 Å². The van der Waals surface area contributed by atoms with Crippen LogP contribution in [0.25, 0.3) is 11.4 Å². The van der Waals surface area contributed by atoms with Crippen molar-refractivity contribution in [1.82, 2.24) is 20.3 Å². The highest BCUT2D eigenvalue weighted by atomic mass is 16.3. The number of aliphatic hydroxyl groups is 1. The number of benzene rings is 3. The van der Waals surface area contributed by atoms with E-state index in [1.165, 1.54) is 0 Å². The van der Waals surface area contributed by atoms with Crippen LogP contribution in [0, 0.1) is 0 Å². The third-order valence-electron chi connectivity index (χ3n) is 6.78. The van der Waals surface area contributed by atoms with Crippen molar-refractivity contribution >= 4 is 40.9 Å². The predicted octanol–water partition coefficient (Wildman–Crippen LogP) is 4.44. The Balaban J connectivity index is 1.37. The molecule has 0 saturated carbocycles. The van der Waals surface area contributed by atoms with Crippen LogP contribution in [0.5, 0.6) is 0 Å². The fourth-order valence-electron chi connectivity index (χ4n) is 4.54. The normalized spacial score (nSPS) is 13.2. The average molecular weight is 553 g/mol. The minimum atomic E-state index is -0.366. The Morgan fingerprint density at radius 1 is 1.02 bits per heavy atom. The average Bonchev–Trinajstić information content (AvgIpc) is 3.38. The highest BCUT2D eigenvalue weighted by Gasteiger charge is 2.21. The molecule has 1 aliphatic heterocycles. The first-order chi connectivity index (χ1) is 19.6. The molecule has 210 valence electrons. The SMILES string of the molecule is CC(C)(C)c1ccc(C(=O)Nc2cccc(-c3nc(N)nc(Nc4ccc(N5CCNC5=O)cc4)n3)c2CO)cc1. The van der Waals surface area contributed by atoms with E-state index in [1.807, 2.05) is 36.4 Å². The molecular weight excluding hydrogens is 520 g/mol. The van der Waals surface area contributed by atoms with E-state index in [1.54, 1.807) is 35.2 Å². The highest BCUT2D eigenvalue weighted by Crippen LogP contribution is 2.30. The van der Waals surface area contributed by atoms with Crippen LogP contribution in [0.3, 0.4) is 0 Å². The second-order valence-corrected chi connectivity index (χ2v) is 10.7. The summed E-state index contributed by atoms with van der Waals surface area (Å²) in [5.41, 5.74) is 10.5. The second-order valence-electron chi connectivity index (χ2n) is 10.7. The smallest absolute Gasteiger partial charge is 0.321 e. The molecule has 11 nitrogen and oxygen atoms in total. The van der Waals surface area contributed by atoms with E-state index in [0.29, 0.717) is 41.2 Å². The minimum absolute atomic E-state index is 0.0138. The van der Waals surface area contributed by atoms with Gasteiger partial charge in [0.25, 0.3) is 5.91 Å². The van der Waals surface area contributed by atoms with Gasteiger partial charge in [-0.2, -0.15) is 15.0 Å². The summed E-state index contributed by atoms with van der Waals surface area (Å²) in [6, 6.07) is 19.8. The van der Waals surface area contributed by atoms with Crippen LogP contribution in [0.2, 0.25) is 0 Å². The molecule has 0 bridgehead atoms. The Kier molecular flexibility index (Phi) is 7.54. The van der Waals surface area contributed by atoms with Crippen molar-refractivity contribution in [3.8, 4) is 11.4 Å². The van der Waals surface area contributed by atoms with Gasteiger partial charge in [0, 0.05) is 46.8 Å². The number of hydrogen-bond acceptors (Lipinski definition) is 8. The summed E-state index contributed by atoms with van der Waals surface area (Å²) in [7, 11) is 0. The first-order valence-electron chi connectivity index (χ1n) is 13.2. The van der Waals surface area contributed by atoms with Crippen LogP contribution < -0.4 is 26.6 Å². The van der Waals surface area contributed by atoms with Crippen LogP contribution >= 0.6 is 0 Å². The third kappa shape index (κ3) is 6.10. The molecule has 1 saturated heterocycles. The molecule has 6 N–H and O–H groups in total. The lowest BCUT2D eigenvalue weighted by Crippen LogP contribution is -2.27. The number of nitrogens with one attached hydrogen (secondary N) is 3. The van der Waals surface area contributed by atoms with Crippen LogP contribution in [0.4, 0.5) is 33.8 Å². The molecule has 11 heteroatoms. The van der Waals surface area contributed by atoms with Gasteiger partial charge in [-0.15, -0.1) is 0 Å². The number of urea groups is 1. The van der Waals surface area contributed by atoms with E-state index in [2.05, 4.69) is 51.7 Å². The molecule has 3 aromatic carbocycles. The molecular formula is C30H32N8O3. The number of aliphatic hydroxyl groups excluding tert-OH is 1. The number of nitrogens with two attached hydrogens (primary N) is 1. The number of anilines is 5. The van der Waals surface area contributed by atoms with Crippen LogP contribution in [-0.2, 0) is 12.0 Å². The van der Waals surface area contributed by atoms with E-state index in [0.717, 1.165) is 11.3 Å². The Hall–Kier alpha value is -5.03. The van der Waals surface area contributed by atoms with Gasteiger partial charge in [-0.3, -0.25) is 9.69 Å². The van der Waals surface area contributed by atoms with E-state index in [-0.39, 0.29) is 41.7 Å². The van der Waals surface area contributed by atoms with Gasteiger partial charge in [0.2, 0.25) is 11.9 Å². The summed E-state index contributed by atoms with van der Waals surface area (Å²) in [4.78, 5) is 39.6. The Labute approximate surface area is 237 Å². The summed E-state index contributed by atoms with van der Waals surface area (Å²) in [6.07, 6.45) is 0. The molecule has 3 amide bonds. The van der Waals surface area contributed by atoms with Crippen molar-refractivity contribution in [2.24, 2.45) is 0 Å². The number of amides is 3. The van der Waals surface area contributed by atoms with Crippen LogP contribution in [0.1, 0.15) is 42.3 Å². The van der Waals surface area contributed by atoms with Gasteiger partial charge in [0.1, 0.15) is 0 Å². The van der Waals surface area contributed by atoms with Gasteiger partial charge in [-0.1, -0.05) is 45.0 Å². The van der Waals surface area contributed by atoms with E-state index < -0.39 is 0 Å². The molecule has 0 atom stereocenters. The first-order valence-corrected chi connectivity index (χ1v) is 13.2. The zero-order valence-electron chi connectivity index (χ0n) is 23.1. The number of nitrogen functional groups attached to an aromatic ring is 1.